The van der Waals surface area contributed by atoms with Gasteiger partial charge in [0.15, 0.2) is 0 Å². The number of hydrogen-bond acceptors (Lipinski definition) is 6. The summed E-state index contributed by atoms with van der Waals surface area (Å²) in [5, 5.41) is 11.7. The molecule has 0 N–H and O–H groups in total. The molecule has 2 fully saturated rings. The number of nitrogens with zero attached hydrogens (tertiary/aromatic N) is 5. The van der Waals surface area contributed by atoms with Crippen LogP contribution in [-0.4, -0.2) is 32.8 Å². The molecule has 0 amide bonds. The lowest BCUT2D eigenvalue weighted by atomic mass is 9.97. The van der Waals surface area contributed by atoms with Gasteiger partial charge in [-0.15, -0.1) is 10.2 Å². The Morgan fingerprint density at radius 2 is 1.89 bits per heavy atom. The maximum atomic E-state index is 12.9. The van der Waals surface area contributed by atoms with Gasteiger partial charge < -0.3 is 4.90 Å². The molecule has 5 rings (SSSR count). The number of hydrogen-bond donors (Lipinski definition) is 0. The van der Waals surface area contributed by atoms with Gasteiger partial charge in [-0.1, -0.05) is 23.5 Å². The quantitative estimate of drug-likeness (QED) is 0.693. The maximum Gasteiger partial charge on any atom is 0.261 e. The minimum absolute atomic E-state index is 0.0822. The van der Waals surface area contributed by atoms with Crippen LogP contribution in [0.4, 0.5) is 5.13 Å². The van der Waals surface area contributed by atoms with Crippen molar-refractivity contribution in [1.29, 1.82) is 0 Å². The zero-order valence-corrected chi connectivity index (χ0v) is 16.3. The third kappa shape index (κ3) is 3.25. The molecule has 0 unspecified atom stereocenters. The van der Waals surface area contributed by atoms with Crippen molar-refractivity contribution in [3.05, 3.63) is 45.5 Å². The van der Waals surface area contributed by atoms with Crippen LogP contribution in [0.1, 0.15) is 42.4 Å². The molecule has 1 aliphatic carbocycles. The van der Waals surface area contributed by atoms with Gasteiger partial charge in [-0.2, -0.15) is 0 Å². The van der Waals surface area contributed by atoms with Gasteiger partial charge in [0.05, 0.1) is 10.9 Å². The van der Waals surface area contributed by atoms with Crippen molar-refractivity contribution in [2.45, 2.75) is 45.1 Å². The lowest BCUT2D eigenvalue weighted by Gasteiger charge is -2.31. The van der Waals surface area contributed by atoms with E-state index in [9.17, 15) is 4.79 Å². The van der Waals surface area contributed by atoms with E-state index < -0.39 is 0 Å². The zero-order valence-electron chi connectivity index (χ0n) is 15.5. The molecule has 3 heterocycles. The second-order valence-electron chi connectivity index (χ2n) is 7.72. The van der Waals surface area contributed by atoms with E-state index in [2.05, 4.69) is 20.1 Å². The predicted octanol–water partition coefficient (Wildman–Crippen LogP) is 3.35. The molecule has 1 aromatic carbocycles. The van der Waals surface area contributed by atoms with E-state index in [1.54, 1.807) is 11.3 Å². The highest BCUT2D eigenvalue weighted by atomic mass is 32.1. The minimum atomic E-state index is 0.0822. The number of rotatable bonds is 4. The summed E-state index contributed by atoms with van der Waals surface area (Å²) in [6.45, 7) is 4.65. The summed E-state index contributed by atoms with van der Waals surface area (Å²) in [6.07, 6.45) is 4.67. The number of aryl methyl sites for hydroxylation is 1. The van der Waals surface area contributed by atoms with Crippen molar-refractivity contribution < 1.29 is 0 Å². The van der Waals surface area contributed by atoms with Crippen molar-refractivity contribution in [2.24, 2.45) is 5.92 Å². The lowest BCUT2D eigenvalue weighted by molar-refractivity contribution is 0.348. The normalized spacial score (nSPS) is 18.3. The van der Waals surface area contributed by atoms with Crippen molar-refractivity contribution in [3.8, 4) is 0 Å². The topological polar surface area (TPSA) is 63.9 Å². The van der Waals surface area contributed by atoms with E-state index in [0.29, 0.717) is 17.2 Å². The second-order valence-corrected chi connectivity index (χ2v) is 8.71. The van der Waals surface area contributed by atoms with Gasteiger partial charge in [0.1, 0.15) is 10.8 Å². The van der Waals surface area contributed by atoms with Crippen LogP contribution in [-0.2, 0) is 6.54 Å². The number of aromatic nitrogens is 4. The van der Waals surface area contributed by atoms with Gasteiger partial charge in [0, 0.05) is 25.6 Å². The molecular weight excluding hydrogens is 358 g/mol. The summed E-state index contributed by atoms with van der Waals surface area (Å²) in [6, 6.07) is 7.61. The van der Waals surface area contributed by atoms with Gasteiger partial charge in [-0.05, 0) is 50.7 Å². The Morgan fingerprint density at radius 1 is 1.11 bits per heavy atom. The summed E-state index contributed by atoms with van der Waals surface area (Å²) in [4.78, 5) is 19.9. The van der Waals surface area contributed by atoms with Gasteiger partial charge in [-0.3, -0.25) is 9.36 Å². The molecule has 1 saturated heterocycles. The average Bonchev–Trinajstić information content (AvgIpc) is 3.43. The van der Waals surface area contributed by atoms with Gasteiger partial charge >= 0.3 is 0 Å². The monoisotopic (exact) mass is 381 g/mol. The molecular formula is C20H23N5OS. The molecule has 6 nitrogen and oxygen atoms in total. The predicted molar refractivity (Wildman–Crippen MR) is 108 cm³/mol. The first kappa shape index (κ1) is 16.9. The Morgan fingerprint density at radius 3 is 2.67 bits per heavy atom. The Bertz CT molecular complexity index is 1030. The number of anilines is 1. The van der Waals surface area contributed by atoms with Crippen molar-refractivity contribution in [3.63, 3.8) is 0 Å². The molecule has 2 aromatic heterocycles. The van der Waals surface area contributed by atoms with E-state index in [-0.39, 0.29) is 5.56 Å². The average molecular weight is 382 g/mol. The number of fused-ring (bicyclic) bond motifs is 1. The van der Waals surface area contributed by atoms with Gasteiger partial charge in [0.25, 0.3) is 5.56 Å². The standard InChI is InChI=1S/C20H23N5OS/c1-13-21-17-5-3-2-4-16(17)19(26)25(13)12-14-8-10-24(11-9-14)20-23-22-18(27-20)15-6-7-15/h2-5,14-15H,6-12H2,1H3. The zero-order chi connectivity index (χ0) is 18.4. The molecule has 0 atom stereocenters. The maximum absolute atomic E-state index is 12.9. The molecule has 0 radical (unpaired) electrons. The van der Waals surface area contributed by atoms with Crippen molar-refractivity contribution in [2.75, 3.05) is 18.0 Å². The summed E-state index contributed by atoms with van der Waals surface area (Å²) in [7, 11) is 0. The van der Waals surface area contributed by atoms with Crippen molar-refractivity contribution >= 4 is 27.4 Å². The van der Waals surface area contributed by atoms with Gasteiger partial charge in [0.2, 0.25) is 5.13 Å². The summed E-state index contributed by atoms with van der Waals surface area (Å²) in [5.41, 5.74) is 0.868. The van der Waals surface area contributed by atoms with E-state index in [4.69, 9.17) is 0 Å². The summed E-state index contributed by atoms with van der Waals surface area (Å²) >= 11 is 1.76. The molecule has 1 aliphatic heterocycles. The summed E-state index contributed by atoms with van der Waals surface area (Å²) < 4.78 is 1.86. The van der Waals surface area contributed by atoms with E-state index in [1.165, 1.54) is 17.8 Å². The van der Waals surface area contributed by atoms with Crippen LogP contribution < -0.4 is 10.5 Å². The fourth-order valence-electron chi connectivity index (χ4n) is 3.91. The Balaban J connectivity index is 1.29. The van der Waals surface area contributed by atoms with Crippen LogP contribution >= 0.6 is 11.3 Å². The lowest BCUT2D eigenvalue weighted by Crippen LogP contribution is -2.37. The highest BCUT2D eigenvalue weighted by molar-refractivity contribution is 7.15. The van der Waals surface area contributed by atoms with Crippen LogP contribution in [0, 0.1) is 12.8 Å². The summed E-state index contributed by atoms with van der Waals surface area (Å²) in [5.74, 6) is 1.97. The second kappa shape index (κ2) is 6.71. The Labute approximate surface area is 161 Å². The number of benzene rings is 1. The number of piperidine rings is 1. The van der Waals surface area contributed by atoms with Crippen LogP contribution in [0.25, 0.3) is 10.9 Å². The minimum Gasteiger partial charge on any atom is -0.347 e. The highest BCUT2D eigenvalue weighted by Gasteiger charge is 2.29. The van der Waals surface area contributed by atoms with Crippen molar-refractivity contribution in [1.82, 2.24) is 19.7 Å². The van der Waals surface area contributed by atoms with Crippen LogP contribution in [0.3, 0.4) is 0 Å². The first-order valence-corrected chi connectivity index (χ1v) is 10.6. The fraction of sp³-hybridized carbons (Fsp3) is 0.500. The fourth-order valence-corrected chi connectivity index (χ4v) is 4.97. The molecule has 0 spiro atoms. The number of para-hydroxylation sites is 1. The van der Waals surface area contributed by atoms with E-state index >= 15 is 0 Å². The molecule has 2 aliphatic rings. The largest absolute Gasteiger partial charge is 0.347 e. The Hall–Kier alpha value is -2.28. The highest BCUT2D eigenvalue weighted by Crippen LogP contribution is 2.42. The molecule has 0 bridgehead atoms. The molecule has 1 saturated carbocycles. The SMILES string of the molecule is Cc1nc2ccccc2c(=O)n1CC1CCN(c2nnc(C3CC3)s2)CC1. The molecule has 140 valence electrons. The van der Waals surface area contributed by atoms with E-state index in [0.717, 1.165) is 48.9 Å². The van der Waals surface area contributed by atoms with Gasteiger partial charge in [-0.25, -0.2) is 4.98 Å². The molecule has 3 aromatic rings. The van der Waals surface area contributed by atoms with Crippen LogP contribution in [0.5, 0.6) is 0 Å². The molecule has 7 heteroatoms. The first-order chi connectivity index (χ1) is 13.2. The molecule has 27 heavy (non-hydrogen) atoms. The van der Waals surface area contributed by atoms with Crippen LogP contribution in [0.2, 0.25) is 0 Å². The third-order valence-electron chi connectivity index (χ3n) is 5.73. The smallest absolute Gasteiger partial charge is 0.261 e. The first-order valence-electron chi connectivity index (χ1n) is 9.73. The van der Waals surface area contributed by atoms with E-state index in [1.807, 2.05) is 35.8 Å². The third-order valence-corrected chi connectivity index (χ3v) is 6.88. The van der Waals surface area contributed by atoms with Crippen LogP contribution in [0.15, 0.2) is 29.1 Å². The Kier molecular flexibility index (Phi) is 4.19.